The van der Waals surface area contributed by atoms with Crippen LogP contribution in [0.25, 0.3) is 0 Å². The van der Waals surface area contributed by atoms with Crippen LogP contribution >= 0.6 is 0 Å². The molecule has 144 valence electrons. The van der Waals surface area contributed by atoms with Crippen molar-refractivity contribution in [2.24, 2.45) is 0 Å². The van der Waals surface area contributed by atoms with Gasteiger partial charge in [0.2, 0.25) is 0 Å². The van der Waals surface area contributed by atoms with Crippen molar-refractivity contribution in [1.29, 1.82) is 0 Å². The molecule has 2 heterocycles. The number of benzene rings is 2. The molecule has 0 spiro atoms. The van der Waals surface area contributed by atoms with Crippen LogP contribution in [0.15, 0.2) is 54.6 Å². The zero-order valence-corrected chi connectivity index (χ0v) is 15.7. The zero-order chi connectivity index (χ0) is 18.5. The molecule has 2 aliphatic rings. The fourth-order valence-corrected chi connectivity index (χ4v) is 4.18. The summed E-state index contributed by atoms with van der Waals surface area (Å²) >= 11 is 0. The number of para-hydroxylation sites is 1. The van der Waals surface area contributed by atoms with E-state index in [9.17, 15) is 0 Å². The van der Waals surface area contributed by atoms with Crippen molar-refractivity contribution >= 4 is 0 Å². The van der Waals surface area contributed by atoms with E-state index in [0.717, 1.165) is 45.1 Å². The van der Waals surface area contributed by atoms with Gasteiger partial charge in [0, 0.05) is 37.8 Å². The summed E-state index contributed by atoms with van der Waals surface area (Å²) in [6.45, 7) is 5.88. The Bertz CT molecular complexity index is 725. The minimum Gasteiger partial charge on any atom is -0.491 e. The number of hydrogen-bond donors (Lipinski definition) is 1. The SMILES string of the molecule is OCCOc1ccccc1CN1CCN2[C@@H](COC[C@@H]2c2ccccc2)C1. The van der Waals surface area contributed by atoms with Crippen molar-refractivity contribution in [2.75, 3.05) is 46.1 Å². The average Bonchev–Trinajstić information content (AvgIpc) is 2.73. The van der Waals surface area contributed by atoms with E-state index in [-0.39, 0.29) is 6.61 Å². The summed E-state index contributed by atoms with van der Waals surface area (Å²) in [7, 11) is 0. The van der Waals surface area contributed by atoms with Gasteiger partial charge >= 0.3 is 0 Å². The van der Waals surface area contributed by atoms with Crippen LogP contribution in [-0.4, -0.2) is 67.0 Å². The number of rotatable bonds is 6. The first-order valence-electron chi connectivity index (χ1n) is 9.77. The Morgan fingerprint density at radius 2 is 1.81 bits per heavy atom. The van der Waals surface area contributed by atoms with Gasteiger partial charge in [-0.15, -0.1) is 0 Å². The molecule has 0 bridgehead atoms. The Kier molecular flexibility index (Phi) is 6.04. The molecule has 5 heteroatoms. The third kappa shape index (κ3) is 4.33. The van der Waals surface area contributed by atoms with Gasteiger partial charge in [0.1, 0.15) is 12.4 Å². The molecule has 0 radical (unpaired) electrons. The third-order valence-corrected chi connectivity index (χ3v) is 5.50. The first kappa shape index (κ1) is 18.4. The normalized spacial score (nSPS) is 23.7. The van der Waals surface area contributed by atoms with Crippen LogP contribution in [0.1, 0.15) is 17.2 Å². The fourth-order valence-electron chi connectivity index (χ4n) is 4.18. The maximum atomic E-state index is 9.03. The van der Waals surface area contributed by atoms with Gasteiger partial charge in [-0.05, 0) is 11.6 Å². The van der Waals surface area contributed by atoms with E-state index < -0.39 is 0 Å². The van der Waals surface area contributed by atoms with Crippen molar-refractivity contribution in [3.05, 3.63) is 65.7 Å². The maximum absolute atomic E-state index is 9.03. The number of piperazine rings is 1. The fraction of sp³-hybridized carbons (Fsp3) is 0.455. The smallest absolute Gasteiger partial charge is 0.123 e. The van der Waals surface area contributed by atoms with Crippen molar-refractivity contribution in [1.82, 2.24) is 9.80 Å². The van der Waals surface area contributed by atoms with Gasteiger partial charge in [-0.2, -0.15) is 0 Å². The maximum Gasteiger partial charge on any atom is 0.123 e. The van der Waals surface area contributed by atoms with Gasteiger partial charge in [0.05, 0.1) is 25.9 Å². The number of fused-ring (bicyclic) bond motifs is 1. The number of nitrogens with zero attached hydrogens (tertiary/aromatic N) is 2. The summed E-state index contributed by atoms with van der Waals surface area (Å²) in [6, 6.07) is 19.6. The number of aliphatic hydroxyl groups excluding tert-OH is 1. The summed E-state index contributed by atoms with van der Waals surface area (Å²) in [5.41, 5.74) is 2.52. The van der Waals surface area contributed by atoms with E-state index in [1.165, 1.54) is 11.1 Å². The lowest BCUT2D eigenvalue weighted by Gasteiger charge is -2.48. The molecule has 0 aliphatic carbocycles. The Hall–Kier alpha value is -1.92. The quantitative estimate of drug-likeness (QED) is 0.848. The molecule has 5 nitrogen and oxygen atoms in total. The predicted octanol–water partition coefficient (Wildman–Crippen LogP) is 2.32. The van der Waals surface area contributed by atoms with Crippen LogP contribution in [0.4, 0.5) is 0 Å². The average molecular weight is 368 g/mol. The van der Waals surface area contributed by atoms with E-state index >= 15 is 0 Å². The number of morpholine rings is 1. The van der Waals surface area contributed by atoms with Gasteiger partial charge in [0.15, 0.2) is 0 Å². The molecule has 2 saturated heterocycles. The van der Waals surface area contributed by atoms with E-state index in [2.05, 4.69) is 46.2 Å². The minimum absolute atomic E-state index is 0.0350. The number of hydrogen-bond acceptors (Lipinski definition) is 5. The topological polar surface area (TPSA) is 45.2 Å². The number of ether oxygens (including phenoxy) is 2. The van der Waals surface area contributed by atoms with E-state index in [1.807, 2.05) is 18.2 Å². The second-order valence-electron chi connectivity index (χ2n) is 7.27. The molecule has 27 heavy (non-hydrogen) atoms. The third-order valence-electron chi connectivity index (χ3n) is 5.50. The molecule has 2 aromatic carbocycles. The van der Waals surface area contributed by atoms with E-state index in [1.54, 1.807) is 0 Å². The highest BCUT2D eigenvalue weighted by atomic mass is 16.5. The first-order chi connectivity index (χ1) is 13.3. The second-order valence-corrected chi connectivity index (χ2v) is 7.27. The minimum atomic E-state index is 0.0350. The summed E-state index contributed by atoms with van der Waals surface area (Å²) in [5, 5.41) is 9.03. The first-order valence-corrected chi connectivity index (χ1v) is 9.77. The van der Waals surface area contributed by atoms with Crippen LogP contribution < -0.4 is 4.74 Å². The highest BCUT2D eigenvalue weighted by molar-refractivity contribution is 5.33. The molecule has 1 N–H and O–H groups in total. The second kappa shape index (κ2) is 8.85. The molecule has 2 aliphatic heterocycles. The predicted molar refractivity (Wildman–Crippen MR) is 105 cm³/mol. The summed E-state index contributed by atoms with van der Waals surface area (Å²) in [4.78, 5) is 5.10. The monoisotopic (exact) mass is 368 g/mol. The standard InChI is InChI=1S/C22H28N2O3/c25-12-13-27-22-9-5-4-8-19(22)14-23-10-11-24-20(15-23)16-26-17-21(24)18-6-2-1-3-7-18/h1-9,20-21,25H,10-17H2/t20-,21-/m1/s1. The van der Waals surface area contributed by atoms with E-state index in [4.69, 9.17) is 14.6 Å². The molecule has 2 atom stereocenters. The van der Waals surface area contributed by atoms with Crippen molar-refractivity contribution in [2.45, 2.75) is 18.6 Å². The molecule has 0 unspecified atom stereocenters. The zero-order valence-electron chi connectivity index (χ0n) is 15.7. The van der Waals surface area contributed by atoms with Crippen LogP contribution in [0.3, 0.4) is 0 Å². The van der Waals surface area contributed by atoms with Gasteiger partial charge in [0.25, 0.3) is 0 Å². The van der Waals surface area contributed by atoms with Crippen LogP contribution in [0, 0.1) is 0 Å². The van der Waals surface area contributed by atoms with E-state index in [0.29, 0.717) is 18.7 Å². The Morgan fingerprint density at radius 1 is 1.00 bits per heavy atom. The Balaban J connectivity index is 1.42. The lowest BCUT2D eigenvalue weighted by atomic mass is 10.00. The largest absolute Gasteiger partial charge is 0.491 e. The Labute approximate surface area is 161 Å². The van der Waals surface area contributed by atoms with Gasteiger partial charge in [-0.25, -0.2) is 0 Å². The van der Waals surface area contributed by atoms with Crippen LogP contribution in [0.2, 0.25) is 0 Å². The van der Waals surface area contributed by atoms with Crippen molar-refractivity contribution in [3.63, 3.8) is 0 Å². The highest BCUT2D eigenvalue weighted by Crippen LogP contribution is 2.30. The molecule has 0 amide bonds. The molecule has 0 saturated carbocycles. The molecule has 4 rings (SSSR count). The van der Waals surface area contributed by atoms with Crippen LogP contribution in [-0.2, 0) is 11.3 Å². The lowest BCUT2D eigenvalue weighted by molar-refractivity contribution is -0.0836. The molecule has 0 aromatic heterocycles. The molecule has 2 fully saturated rings. The molecular weight excluding hydrogens is 340 g/mol. The summed E-state index contributed by atoms with van der Waals surface area (Å²) < 4.78 is 11.7. The highest BCUT2D eigenvalue weighted by Gasteiger charge is 2.36. The van der Waals surface area contributed by atoms with Crippen LogP contribution in [0.5, 0.6) is 5.75 Å². The lowest BCUT2D eigenvalue weighted by Crippen LogP contribution is -2.58. The van der Waals surface area contributed by atoms with Crippen molar-refractivity contribution in [3.8, 4) is 5.75 Å². The van der Waals surface area contributed by atoms with Gasteiger partial charge in [-0.1, -0.05) is 48.5 Å². The molecule has 2 aromatic rings. The van der Waals surface area contributed by atoms with Gasteiger partial charge < -0.3 is 14.6 Å². The summed E-state index contributed by atoms with van der Waals surface area (Å²) in [6.07, 6.45) is 0. The number of aliphatic hydroxyl groups is 1. The van der Waals surface area contributed by atoms with Gasteiger partial charge in [-0.3, -0.25) is 9.80 Å². The molecular formula is C22H28N2O3. The van der Waals surface area contributed by atoms with Crippen molar-refractivity contribution < 1.29 is 14.6 Å². The Morgan fingerprint density at radius 3 is 2.67 bits per heavy atom. The summed E-state index contributed by atoms with van der Waals surface area (Å²) in [5.74, 6) is 0.871.